The largest absolute Gasteiger partial charge is 0.497 e. The number of hydrogen-bond donors (Lipinski definition) is 0. The van der Waals surface area contributed by atoms with Crippen molar-refractivity contribution in [3.8, 4) is 5.75 Å². The molecule has 0 unspecified atom stereocenters. The number of carbonyl (C=O) groups excluding carboxylic acids is 1. The summed E-state index contributed by atoms with van der Waals surface area (Å²) in [6, 6.07) is 7.43. The van der Waals surface area contributed by atoms with Crippen LogP contribution in [0.15, 0.2) is 46.1 Å². The Morgan fingerprint density at radius 3 is 2.45 bits per heavy atom. The van der Waals surface area contributed by atoms with E-state index < -0.39 is 15.6 Å². The summed E-state index contributed by atoms with van der Waals surface area (Å²) in [6.07, 6.45) is 6.66. The molecule has 2 aromatic heterocycles. The fourth-order valence-electron chi connectivity index (χ4n) is 4.98. The number of amides is 1. The first kappa shape index (κ1) is 27.6. The van der Waals surface area contributed by atoms with Crippen molar-refractivity contribution in [3.05, 3.63) is 59.5 Å². The number of ether oxygens (including phenoxy) is 1. The van der Waals surface area contributed by atoms with Crippen LogP contribution in [0.1, 0.15) is 42.1 Å². The van der Waals surface area contributed by atoms with E-state index in [0.29, 0.717) is 29.3 Å². The van der Waals surface area contributed by atoms with Crippen LogP contribution in [0.3, 0.4) is 0 Å². The van der Waals surface area contributed by atoms with Crippen LogP contribution in [0.2, 0.25) is 0 Å². The van der Waals surface area contributed by atoms with Gasteiger partial charge in [0, 0.05) is 44.8 Å². The van der Waals surface area contributed by atoms with Crippen LogP contribution in [0.25, 0.3) is 0 Å². The van der Waals surface area contributed by atoms with Crippen molar-refractivity contribution in [2.24, 2.45) is 5.92 Å². The van der Waals surface area contributed by atoms with Gasteiger partial charge in [-0.1, -0.05) is 5.16 Å². The number of aromatic nitrogens is 3. The zero-order chi connectivity index (χ0) is 27.3. The molecular formula is C27H35N5O5S. The second-order valence-electron chi connectivity index (χ2n) is 9.87. The number of pyridine rings is 1. The minimum Gasteiger partial charge on any atom is -0.497 e. The third-order valence-electron chi connectivity index (χ3n) is 7.05. The molecule has 1 aromatic carbocycles. The average molecular weight is 542 g/mol. The predicted molar refractivity (Wildman–Crippen MR) is 143 cm³/mol. The SMILES string of the molecule is COc1cc(C)c(S(=O)(=O)Cc2noc(CC(=O)N(C)CCC3CCN(c4ccncc4)CC3)n2)c(C)c1. The van der Waals surface area contributed by atoms with Gasteiger partial charge in [-0.05, 0) is 74.4 Å². The standard InChI is InChI=1S/C27H35N5O5S/c1-19-15-23(36-4)16-20(2)27(19)38(34,35)18-24-29-25(37-30-24)17-26(33)31(3)12-7-21-8-13-32(14-9-21)22-5-10-28-11-6-22/h5-6,10-11,15-16,21H,7-9,12-14,17-18H2,1-4H3. The average Bonchev–Trinajstić information content (AvgIpc) is 3.33. The van der Waals surface area contributed by atoms with E-state index in [1.165, 1.54) is 12.8 Å². The molecule has 0 bridgehead atoms. The zero-order valence-electron chi connectivity index (χ0n) is 22.4. The highest BCUT2D eigenvalue weighted by Crippen LogP contribution is 2.28. The highest BCUT2D eigenvalue weighted by molar-refractivity contribution is 7.90. The Hall–Kier alpha value is -3.47. The first-order valence-electron chi connectivity index (χ1n) is 12.7. The van der Waals surface area contributed by atoms with Gasteiger partial charge in [0.15, 0.2) is 15.7 Å². The van der Waals surface area contributed by atoms with E-state index in [0.717, 1.165) is 32.4 Å². The van der Waals surface area contributed by atoms with Crippen molar-refractivity contribution in [1.82, 2.24) is 20.0 Å². The van der Waals surface area contributed by atoms with Crippen molar-refractivity contribution in [2.45, 2.75) is 50.2 Å². The van der Waals surface area contributed by atoms with E-state index >= 15 is 0 Å². The smallest absolute Gasteiger partial charge is 0.236 e. The molecule has 0 N–H and O–H groups in total. The second-order valence-corrected chi connectivity index (χ2v) is 11.8. The molecule has 38 heavy (non-hydrogen) atoms. The van der Waals surface area contributed by atoms with Crippen molar-refractivity contribution in [1.29, 1.82) is 0 Å². The Bertz CT molecular complexity index is 1330. The molecule has 11 heteroatoms. The highest BCUT2D eigenvalue weighted by atomic mass is 32.2. The minimum atomic E-state index is -3.72. The lowest BCUT2D eigenvalue weighted by Crippen LogP contribution is -2.36. The fourth-order valence-corrected chi connectivity index (χ4v) is 6.68. The van der Waals surface area contributed by atoms with Gasteiger partial charge in [-0.25, -0.2) is 8.42 Å². The van der Waals surface area contributed by atoms with Gasteiger partial charge in [0.1, 0.15) is 17.9 Å². The molecular weight excluding hydrogens is 506 g/mol. The monoisotopic (exact) mass is 541 g/mol. The summed E-state index contributed by atoms with van der Waals surface area (Å²) >= 11 is 0. The Morgan fingerprint density at radius 2 is 1.82 bits per heavy atom. The number of carbonyl (C=O) groups is 1. The number of methoxy groups -OCH3 is 1. The summed E-state index contributed by atoms with van der Waals surface area (Å²) in [7, 11) is -0.410. The van der Waals surface area contributed by atoms with Gasteiger partial charge in [-0.2, -0.15) is 4.98 Å². The number of hydrogen-bond acceptors (Lipinski definition) is 9. The number of benzene rings is 1. The van der Waals surface area contributed by atoms with Crippen LogP contribution in [-0.4, -0.2) is 68.1 Å². The second kappa shape index (κ2) is 11.9. The van der Waals surface area contributed by atoms with Gasteiger partial charge in [-0.15, -0.1) is 0 Å². The molecule has 204 valence electrons. The fraction of sp³-hybridized carbons (Fsp3) is 0.481. The van der Waals surface area contributed by atoms with E-state index in [1.807, 2.05) is 24.5 Å². The van der Waals surface area contributed by atoms with Crippen LogP contribution in [0.5, 0.6) is 5.75 Å². The first-order chi connectivity index (χ1) is 18.2. The molecule has 10 nitrogen and oxygen atoms in total. The maximum atomic E-state index is 13.1. The minimum absolute atomic E-state index is 0.0334. The molecule has 1 aliphatic heterocycles. The number of sulfone groups is 1. The molecule has 0 aliphatic carbocycles. The number of likely N-dealkylation sites (N-methyl/N-ethyl adjacent to an activating group) is 1. The van der Waals surface area contributed by atoms with Gasteiger partial charge in [0.25, 0.3) is 0 Å². The van der Waals surface area contributed by atoms with E-state index in [2.05, 4.69) is 20.0 Å². The summed E-state index contributed by atoms with van der Waals surface area (Å²) in [5, 5.41) is 3.81. The molecule has 3 heterocycles. The summed E-state index contributed by atoms with van der Waals surface area (Å²) in [4.78, 5) is 25.3. The Balaban J connectivity index is 1.27. The molecule has 0 radical (unpaired) electrons. The van der Waals surface area contributed by atoms with Gasteiger partial charge in [0.05, 0.1) is 12.0 Å². The number of anilines is 1. The summed E-state index contributed by atoms with van der Waals surface area (Å²) in [6.45, 7) is 6.08. The van der Waals surface area contributed by atoms with Crippen molar-refractivity contribution >= 4 is 21.4 Å². The molecule has 1 aliphatic rings. The molecule has 1 fully saturated rings. The molecule has 0 saturated carbocycles. The summed E-state index contributed by atoms with van der Waals surface area (Å²) in [5.41, 5.74) is 2.38. The molecule has 1 amide bonds. The van der Waals surface area contributed by atoms with Crippen molar-refractivity contribution < 1.29 is 22.5 Å². The van der Waals surface area contributed by atoms with E-state index in [1.54, 1.807) is 37.9 Å². The first-order valence-corrected chi connectivity index (χ1v) is 14.4. The van der Waals surface area contributed by atoms with Crippen molar-refractivity contribution in [2.75, 3.05) is 38.7 Å². The van der Waals surface area contributed by atoms with E-state index in [4.69, 9.17) is 9.26 Å². The lowest BCUT2D eigenvalue weighted by atomic mass is 9.93. The maximum Gasteiger partial charge on any atom is 0.236 e. The van der Waals surface area contributed by atoms with E-state index in [-0.39, 0.29) is 28.9 Å². The summed E-state index contributed by atoms with van der Waals surface area (Å²) < 4.78 is 36.6. The molecule has 0 spiro atoms. The quantitative estimate of drug-likeness (QED) is 0.380. The van der Waals surface area contributed by atoms with Crippen molar-refractivity contribution in [3.63, 3.8) is 0 Å². The Morgan fingerprint density at radius 1 is 1.16 bits per heavy atom. The van der Waals surface area contributed by atoms with Gasteiger partial charge < -0.3 is 19.1 Å². The van der Waals surface area contributed by atoms with Crippen LogP contribution in [0.4, 0.5) is 5.69 Å². The van der Waals surface area contributed by atoms with Crippen LogP contribution >= 0.6 is 0 Å². The topological polar surface area (TPSA) is 119 Å². The number of rotatable bonds is 10. The maximum absolute atomic E-state index is 13.1. The van der Waals surface area contributed by atoms with Gasteiger partial charge >= 0.3 is 0 Å². The van der Waals surface area contributed by atoms with Crippen LogP contribution < -0.4 is 9.64 Å². The zero-order valence-corrected chi connectivity index (χ0v) is 23.2. The molecule has 1 saturated heterocycles. The van der Waals surface area contributed by atoms with Gasteiger partial charge in [-0.3, -0.25) is 9.78 Å². The highest BCUT2D eigenvalue weighted by Gasteiger charge is 2.25. The number of piperidine rings is 1. The number of nitrogens with zero attached hydrogens (tertiary/aromatic N) is 5. The van der Waals surface area contributed by atoms with Crippen LogP contribution in [-0.2, 0) is 26.8 Å². The Labute approximate surface area is 223 Å². The number of aryl methyl sites for hydroxylation is 2. The third-order valence-corrected chi connectivity index (χ3v) is 8.96. The summed E-state index contributed by atoms with van der Waals surface area (Å²) in [5.74, 6) is 0.755. The van der Waals surface area contributed by atoms with Crippen LogP contribution in [0, 0.1) is 19.8 Å². The normalized spacial score (nSPS) is 14.5. The lowest BCUT2D eigenvalue weighted by Gasteiger charge is -2.34. The van der Waals surface area contributed by atoms with Gasteiger partial charge in [0.2, 0.25) is 11.8 Å². The lowest BCUT2D eigenvalue weighted by molar-refractivity contribution is -0.129. The third kappa shape index (κ3) is 6.69. The van der Waals surface area contributed by atoms with E-state index in [9.17, 15) is 13.2 Å². The molecule has 0 atom stereocenters. The Kier molecular flexibility index (Phi) is 8.65. The molecule has 4 rings (SSSR count). The predicted octanol–water partition coefficient (Wildman–Crippen LogP) is 3.37. The molecule has 3 aromatic rings.